The number of nitrogen functional groups attached to an aromatic ring is 1. The van der Waals surface area contributed by atoms with E-state index >= 15 is 0 Å². The molecule has 15 heteroatoms. The molecule has 1 fully saturated rings. The summed E-state index contributed by atoms with van der Waals surface area (Å²) in [5, 5.41) is 22.2. The van der Waals surface area contributed by atoms with E-state index in [1.165, 1.54) is 35.5 Å². The van der Waals surface area contributed by atoms with Gasteiger partial charge in [-0.2, -0.15) is 0 Å². The fourth-order valence-electron chi connectivity index (χ4n) is 3.28. The summed E-state index contributed by atoms with van der Waals surface area (Å²) < 4.78 is 0. The first-order valence-electron chi connectivity index (χ1n) is 9.51. The summed E-state index contributed by atoms with van der Waals surface area (Å²) in [6, 6.07) is -0.906. The molecule has 33 heavy (non-hydrogen) atoms. The van der Waals surface area contributed by atoms with Gasteiger partial charge in [-0.15, -0.1) is 23.1 Å². The lowest BCUT2D eigenvalue weighted by Gasteiger charge is -2.49. The first-order chi connectivity index (χ1) is 15.9. The smallest absolute Gasteiger partial charge is 0.353 e. The molecular formula is C18H19N7O5S3. The van der Waals surface area contributed by atoms with E-state index in [1.807, 2.05) is 5.41 Å². The van der Waals surface area contributed by atoms with Crippen LogP contribution in [0.1, 0.15) is 5.69 Å². The highest BCUT2D eigenvalue weighted by Gasteiger charge is 2.54. The highest BCUT2D eigenvalue weighted by Crippen LogP contribution is 2.43. The zero-order chi connectivity index (χ0) is 23.5. The Bertz CT molecular complexity index is 1110. The van der Waals surface area contributed by atoms with E-state index < -0.39 is 29.2 Å². The number of anilines is 1. The number of nitrogens with zero attached hydrogens (tertiary/aromatic N) is 4. The SMILES string of the molecule is CO/N=C(\C(=O)NC1C(=O)N2C(C(=O)O)=C(SC=C3CN=CNC3)CS[C@H]12)c1csc(N)n1. The van der Waals surface area contributed by atoms with Gasteiger partial charge in [-0.05, 0) is 11.0 Å². The molecule has 12 nitrogen and oxygen atoms in total. The van der Waals surface area contributed by atoms with Crippen LogP contribution in [0.25, 0.3) is 0 Å². The van der Waals surface area contributed by atoms with Crippen molar-refractivity contribution in [2.75, 3.05) is 31.7 Å². The Morgan fingerprint density at radius 3 is 2.97 bits per heavy atom. The summed E-state index contributed by atoms with van der Waals surface area (Å²) in [6.07, 6.45) is 1.63. The van der Waals surface area contributed by atoms with Gasteiger partial charge >= 0.3 is 5.97 Å². The Balaban J connectivity index is 1.49. The number of carbonyl (C=O) groups excluding carboxylic acids is 2. The topological polar surface area (TPSA) is 172 Å². The number of amides is 2. The Kier molecular flexibility index (Phi) is 6.90. The van der Waals surface area contributed by atoms with Crippen molar-refractivity contribution in [1.29, 1.82) is 0 Å². The van der Waals surface area contributed by atoms with Gasteiger partial charge in [-0.3, -0.25) is 19.5 Å². The fourth-order valence-corrected chi connectivity index (χ4v) is 6.26. The number of nitrogens with two attached hydrogens (primary N) is 1. The van der Waals surface area contributed by atoms with Gasteiger partial charge in [0.05, 0.1) is 12.9 Å². The summed E-state index contributed by atoms with van der Waals surface area (Å²) in [4.78, 5) is 52.3. The number of oxime groups is 1. The molecule has 0 saturated carbocycles. The number of fused-ring (bicyclic) bond motifs is 1. The van der Waals surface area contributed by atoms with Gasteiger partial charge in [0.2, 0.25) is 0 Å². The van der Waals surface area contributed by atoms with E-state index in [-0.39, 0.29) is 22.2 Å². The van der Waals surface area contributed by atoms with Crippen LogP contribution >= 0.6 is 34.9 Å². The van der Waals surface area contributed by atoms with Crippen LogP contribution in [0.3, 0.4) is 0 Å². The predicted molar refractivity (Wildman–Crippen MR) is 127 cm³/mol. The lowest BCUT2D eigenvalue weighted by molar-refractivity contribution is -0.150. The third-order valence-electron chi connectivity index (χ3n) is 4.76. The second kappa shape index (κ2) is 9.84. The van der Waals surface area contributed by atoms with Gasteiger partial charge in [0.15, 0.2) is 10.8 Å². The molecule has 0 radical (unpaired) electrons. The van der Waals surface area contributed by atoms with Crippen molar-refractivity contribution in [2.45, 2.75) is 11.4 Å². The van der Waals surface area contributed by atoms with Crippen LogP contribution in [-0.2, 0) is 19.2 Å². The zero-order valence-corrected chi connectivity index (χ0v) is 19.6. The standard InChI is InChI=1S/C18H19N7O5S3/c1-30-24-11(9-5-33-18(19)22-9)14(26)23-12-15(27)25-13(17(28)29)10(6-32-16(12)25)31-4-8-2-20-7-21-3-8/h4-5,7,12,16H,2-3,6H2,1H3,(H2,19,22)(H,20,21)(H,23,26)(H,28,29)/b24-11-/t12?,16-/m1/s1. The van der Waals surface area contributed by atoms with E-state index in [4.69, 9.17) is 10.6 Å². The van der Waals surface area contributed by atoms with Crippen molar-refractivity contribution >= 4 is 69.8 Å². The van der Waals surface area contributed by atoms with Gasteiger partial charge in [0, 0.05) is 22.6 Å². The number of thioether (sulfide) groups is 2. The minimum Gasteiger partial charge on any atom is -0.477 e. The average Bonchev–Trinajstić information content (AvgIpc) is 3.25. The first-order valence-corrected chi connectivity index (χ1v) is 12.3. The van der Waals surface area contributed by atoms with Crippen molar-refractivity contribution in [2.24, 2.45) is 10.1 Å². The number of nitrogens with one attached hydrogen (secondary N) is 2. The molecule has 0 aliphatic carbocycles. The molecule has 0 spiro atoms. The van der Waals surface area contributed by atoms with Crippen molar-refractivity contribution in [3.63, 3.8) is 0 Å². The van der Waals surface area contributed by atoms with Crippen LogP contribution < -0.4 is 16.4 Å². The second-order valence-electron chi connectivity index (χ2n) is 6.88. The minimum atomic E-state index is -1.20. The number of thiazole rings is 1. The third-order valence-corrected chi connectivity index (χ3v) is 7.97. The molecule has 5 N–H and O–H groups in total. The van der Waals surface area contributed by atoms with Crippen LogP contribution in [0.15, 0.2) is 37.1 Å². The Morgan fingerprint density at radius 2 is 2.33 bits per heavy atom. The molecular weight excluding hydrogens is 490 g/mol. The van der Waals surface area contributed by atoms with E-state index in [9.17, 15) is 19.5 Å². The van der Waals surface area contributed by atoms with Crippen LogP contribution in [0, 0.1) is 0 Å². The number of carboxylic acids is 1. The normalized spacial score (nSPS) is 23.7. The lowest BCUT2D eigenvalue weighted by atomic mass is 10.0. The molecule has 4 heterocycles. The highest BCUT2D eigenvalue weighted by molar-refractivity contribution is 8.08. The van der Waals surface area contributed by atoms with Crippen molar-refractivity contribution in [3.8, 4) is 0 Å². The molecule has 1 aromatic rings. The lowest BCUT2D eigenvalue weighted by Crippen LogP contribution is -2.71. The number of aliphatic imine (C=N–C) groups is 1. The molecule has 1 unspecified atom stereocenters. The number of aromatic nitrogens is 1. The van der Waals surface area contributed by atoms with Crippen molar-refractivity contribution in [1.82, 2.24) is 20.5 Å². The van der Waals surface area contributed by atoms with Gasteiger partial charge in [0.1, 0.15) is 29.9 Å². The number of hydrogen-bond donors (Lipinski definition) is 4. The van der Waals surface area contributed by atoms with E-state index in [1.54, 1.807) is 11.7 Å². The van der Waals surface area contributed by atoms with Crippen LogP contribution in [-0.4, -0.2) is 82.2 Å². The highest BCUT2D eigenvalue weighted by atomic mass is 32.2. The number of β-lactam (4-membered cyclic amide) rings is 1. The summed E-state index contributed by atoms with van der Waals surface area (Å²) in [5.74, 6) is -1.99. The summed E-state index contributed by atoms with van der Waals surface area (Å²) in [7, 11) is 1.28. The molecule has 3 aliphatic rings. The monoisotopic (exact) mass is 509 g/mol. The third kappa shape index (κ3) is 4.69. The maximum atomic E-state index is 12.9. The van der Waals surface area contributed by atoms with Crippen LogP contribution in [0.4, 0.5) is 5.13 Å². The van der Waals surface area contributed by atoms with E-state index in [2.05, 4.69) is 25.8 Å². The molecule has 0 bridgehead atoms. The molecule has 174 valence electrons. The molecule has 1 saturated heterocycles. The molecule has 0 aromatic carbocycles. The second-order valence-corrected chi connectivity index (χ2v) is 9.83. The first kappa shape index (κ1) is 23.1. The fraction of sp³-hybridized carbons (Fsp3) is 0.333. The summed E-state index contributed by atoms with van der Waals surface area (Å²) in [5.41, 5.74) is 6.67. The van der Waals surface area contributed by atoms with Crippen molar-refractivity contribution in [3.05, 3.63) is 32.7 Å². The Hall–Kier alpha value is -3.04. The van der Waals surface area contributed by atoms with Gasteiger partial charge in [-0.1, -0.05) is 16.9 Å². The summed E-state index contributed by atoms with van der Waals surface area (Å²) in [6.45, 7) is 1.17. The zero-order valence-electron chi connectivity index (χ0n) is 17.2. The Labute approximate surface area is 200 Å². The van der Waals surface area contributed by atoms with Gasteiger partial charge in [0.25, 0.3) is 11.8 Å². The molecule has 2 amide bonds. The van der Waals surface area contributed by atoms with E-state index in [0.717, 1.165) is 16.9 Å². The average molecular weight is 510 g/mol. The largest absolute Gasteiger partial charge is 0.477 e. The maximum Gasteiger partial charge on any atom is 0.353 e. The number of hydrogen-bond acceptors (Lipinski definition) is 12. The number of carbonyl (C=O) groups is 3. The maximum absolute atomic E-state index is 12.9. The quantitative estimate of drug-likeness (QED) is 0.223. The molecule has 3 aliphatic heterocycles. The molecule has 2 atom stereocenters. The van der Waals surface area contributed by atoms with Crippen LogP contribution in [0.2, 0.25) is 0 Å². The Morgan fingerprint density at radius 1 is 1.52 bits per heavy atom. The van der Waals surface area contributed by atoms with E-state index in [0.29, 0.717) is 23.7 Å². The molecule has 4 rings (SSSR count). The summed E-state index contributed by atoms with van der Waals surface area (Å²) >= 11 is 3.78. The van der Waals surface area contributed by atoms with Gasteiger partial charge < -0.3 is 26.3 Å². The predicted octanol–water partition coefficient (Wildman–Crippen LogP) is 0.0205. The number of aliphatic carboxylic acids is 1. The number of carboxylic acid groups (broad SMARTS) is 1. The molecule has 1 aromatic heterocycles. The van der Waals surface area contributed by atoms with Gasteiger partial charge in [-0.25, -0.2) is 9.78 Å². The van der Waals surface area contributed by atoms with Crippen LogP contribution in [0.5, 0.6) is 0 Å². The number of rotatable bonds is 7. The minimum absolute atomic E-state index is 0.0681. The van der Waals surface area contributed by atoms with Crippen molar-refractivity contribution < 1.29 is 24.3 Å².